The number of nitrogens with zero attached hydrogens (tertiary/aromatic N) is 1. The summed E-state index contributed by atoms with van der Waals surface area (Å²) in [5.41, 5.74) is 2.81. The summed E-state index contributed by atoms with van der Waals surface area (Å²) in [6.07, 6.45) is 0.921. The highest BCUT2D eigenvalue weighted by molar-refractivity contribution is 5.76. The van der Waals surface area contributed by atoms with Gasteiger partial charge in [-0.25, -0.2) is 9.78 Å². The molecule has 3 aromatic rings. The molecule has 1 aliphatic rings. The maximum Gasteiger partial charge on any atom is 0.315 e. The summed E-state index contributed by atoms with van der Waals surface area (Å²) in [6, 6.07) is 13.1. The van der Waals surface area contributed by atoms with Crippen molar-refractivity contribution in [2.24, 2.45) is 5.92 Å². The first-order valence-corrected chi connectivity index (χ1v) is 9.51. The molecule has 0 radical (unpaired) electrons. The van der Waals surface area contributed by atoms with Gasteiger partial charge < -0.3 is 25.1 Å². The van der Waals surface area contributed by atoms with Crippen LogP contribution in [-0.4, -0.2) is 22.8 Å². The molecule has 4 rings (SSSR count). The molecule has 3 N–H and O–H groups in total. The molecule has 0 unspecified atom stereocenters. The van der Waals surface area contributed by atoms with E-state index >= 15 is 0 Å². The molecule has 0 bridgehead atoms. The van der Waals surface area contributed by atoms with E-state index in [0.29, 0.717) is 12.3 Å². The molecular formula is C21H24N4O3. The van der Waals surface area contributed by atoms with Gasteiger partial charge in [0.15, 0.2) is 11.5 Å². The molecule has 0 saturated heterocycles. The van der Waals surface area contributed by atoms with E-state index in [-0.39, 0.29) is 24.8 Å². The van der Waals surface area contributed by atoms with Crippen molar-refractivity contribution in [2.45, 2.75) is 32.9 Å². The third kappa shape index (κ3) is 3.74. The zero-order valence-electron chi connectivity index (χ0n) is 16.0. The van der Waals surface area contributed by atoms with Gasteiger partial charge in [-0.15, -0.1) is 0 Å². The maximum atomic E-state index is 12.5. The van der Waals surface area contributed by atoms with Gasteiger partial charge in [0.05, 0.1) is 17.1 Å². The highest BCUT2D eigenvalue weighted by Gasteiger charge is 2.23. The van der Waals surface area contributed by atoms with Gasteiger partial charge in [-0.3, -0.25) is 0 Å². The number of ether oxygens (including phenoxy) is 2. The fourth-order valence-electron chi connectivity index (χ4n) is 3.26. The Hall–Kier alpha value is -3.22. The summed E-state index contributed by atoms with van der Waals surface area (Å²) < 4.78 is 10.7. The van der Waals surface area contributed by atoms with Gasteiger partial charge in [-0.05, 0) is 35.7 Å². The molecule has 2 atom stereocenters. The van der Waals surface area contributed by atoms with Crippen LogP contribution in [0.1, 0.15) is 37.7 Å². The molecule has 7 heteroatoms. The molecule has 0 fully saturated rings. The minimum Gasteiger partial charge on any atom is -0.454 e. The number of aromatic nitrogens is 2. The topological polar surface area (TPSA) is 88.3 Å². The van der Waals surface area contributed by atoms with Crippen molar-refractivity contribution in [2.75, 3.05) is 6.79 Å². The average molecular weight is 380 g/mol. The highest BCUT2D eigenvalue weighted by atomic mass is 16.7. The number of para-hydroxylation sites is 2. The lowest BCUT2D eigenvalue weighted by Gasteiger charge is -2.22. The van der Waals surface area contributed by atoms with Crippen LogP contribution in [0.2, 0.25) is 0 Å². The summed E-state index contributed by atoms with van der Waals surface area (Å²) >= 11 is 0. The normalized spacial score (nSPS) is 14.6. The second-order valence-electron chi connectivity index (χ2n) is 7.02. The van der Waals surface area contributed by atoms with Crippen molar-refractivity contribution in [1.82, 2.24) is 20.6 Å². The molecule has 2 heterocycles. The van der Waals surface area contributed by atoms with E-state index in [0.717, 1.165) is 34.6 Å². The lowest BCUT2D eigenvalue weighted by Crippen LogP contribution is -2.40. The Balaban J connectivity index is 1.43. The second kappa shape index (κ2) is 7.80. The fraction of sp³-hybridized carbons (Fsp3) is 0.333. The summed E-state index contributed by atoms with van der Waals surface area (Å²) in [5.74, 6) is 2.44. The van der Waals surface area contributed by atoms with Crippen LogP contribution in [0.5, 0.6) is 11.5 Å². The minimum atomic E-state index is -0.233. The Morgan fingerprint density at radius 1 is 1.21 bits per heavy atom. The molecule has 28 heavy (non-hydrogen) atoms. The summed E-state index contributed by atoms with van der Waals surface area (Å²) in [6.45, 7) is 4.85. The molecule has 146 valence electrons. The molecule has 2 amide bonds. The first kappa shape index (κ1) is 18.2. The SMILES string of the molecule is CC[C@@H](C)[C@H](NC(=O)NCc1ccc2c(c1)OCO2)c1nc2ccccc2[nH]1. The maximum absolute atomic E-state index is 12.5. The summed E-state index contributed by atoms with van der Waals surface area (Å²) in [5, 5.41) is 5.98. The number of carbonyl (C=O) groups is 1. The molecule has 0 saturated carbocycles. The number of benzene rings is 2. The smallest absolute Gasteiger partial charge is 0.315 e. The third-order valence-electron chi connectivity index (χ3n) is 5.09. The molecule has 1 aliphatic heterocycles. The Bertz CT molecular complexity index is 952. The van der Waals surface area contributed by atoms with Gasteiger partial charge in [0.25, 0.3) is 0 Å². The van der Waals surface area contributed by atoms with E-state index in [1.54, 1.807) is 0 Å². The van der Waals surface area contributed by atoms with Crippen LogP contribution in [0, 0.1) is 5.92 Å². The number of rotatable bonds is 6. The first-order valence-electron chi connectivity index (χ1n) is 9.51. The van der Waals surface area contributed by atoms with Gasteiger partial charge in [-0.2, -0.15) is 0 Å². The summed E-state index contributed by atoms with van der Waals surface area (Å²) in [4.78, 5) is 20.5. The molecule has 1 aromatic heterocycles. The van der Waals surface area contributed by atoms with E-state index in [1.807, 2.05) is 42.5 Å². The number of imidazole rings is 1. The molecule has 0 aliphatic carbocycles. The quantitative estimate of drug-likeness (QED) is 0.606. The van der Waals surface area contributed by atoms with Crippen LogP contribution in [0.4, 0.5) is 4.79 Å². The average Bonchev–Trinajstić information content (AvgIpc) is 3.35. The Morgan fingerprint density at radius 2 is 2.04 bits per heavy atom. The van der Waals surface area contributed by atoms with Crippen molar-refractivity contribution in [3.8, 4) is 11.5 Å². The van der Waals surface area contributed by atoms with Crippen LogP contribution in [0.15, 0.2) is 42.5 Å². The number of urea groups is 1. The van der Waals surface area contributed by atoms with Crippen molar-refractivity contribution in [3.63, 3.8) is 0 Å². The third-order valence-corrected chi connectivity index (χ3v) is 5.09. The largest absolute Gasteiger partial charge is 0.454 e. The van der Waals surface area contributed by atoms with Gasteiger partial charge >= 0.3 is 6.03 Å². The van der Waals surface area contributed by atoms with Gasteiger partial charge in [0, 0.05) is 6.54 Å². The standard InChI is InChI=1S/C21H24N4O3/c1-3-13(2)19(20-23-15-6-4-5-7-16(15)24-20)25-21(26)22-11-14-8-9-17-18(10-14)28-12-27-17/h4-10,13,19H,3,11-12H2,1-2H3,(H,23,24)(H2,22,25,26)/t13-,19+/m1/s1. The monoisotopic (exact) mass is 380 g/mol. The second-order valence-corrected chi connectivity index (χ2v) is 7.02. The highest BCUT2D eigenvalue weighted by Crippen LogP contribution is 2.32. The van der Waals surface area contributed by atoms with Crippen molar-refractivity contribution >= 4 is 17.1 Å². The van der Waals surface area contributed by atoms with E-state index in [4.69, 9.17) is 9.47 Å². The Kier molecular flexibility index (Phi) is 5.06. The number of H-pyrrole nitrogens is 1. The van der Waals surface area contributed by atoms with Crippen LogP contribution in [0.25, 0.3) is 11.0 Å². The number of nitrogens with one attached hydrogen (secondary N) is 3. The lowest BCUT2D eigenvalue weighted by atomic mass is 9.99. The molecule has 7 nitrogen and oxygen atoms in total. The zero-order valence-corrected chi connectivity index (χ0v) is 16.0. The van der Waals surface area contributed by atoms with Crippen molar-refractivity contribution in [3.05, 3.63) is 53.9 Å². The van der Waals surface area contributed by atoms with Gasteiger partial charge in [0.1, 0.15) is 5.82 Å². The number of aromatic amines is 1. The Labute approximate surface area is 163 Å². The van der Waals surface area contributed by atoms with Gasteiger partial charge in [-0.1, -0.05) is 38.5 Å². The predicted molar refractivity (Wildman–Crippen MR) is 106 cm³/mol. The van der Waals surface area contributed by atoms with E-state index in [1.165, 1.54) is 0 Å². The molecule has 2 aromatic carbocycles. The fourth-order valence-corrected chi connectivity index (χ4v) is 3.26. The number of amides is 2. The van der Waals surface area contributed by atoms with Gasteiger partial charge in [0.2, 0.25) is 6.79 Å². The summed E-state index contributed by atoms with van der Waals surface area (Å²) in [7, 11) is 0. The lowest BCUT2D eigenvalue weighted by molar-refractivity contribution is 0.174. The van der Waals surface area contributed by atoms with Crippen LogP contribution >= 0.6 is 0 Å². The van der Waals surface area contributed by atoms with Crippen LogP contribution in [0.3, 0.4) is 0 Å². The van der Waals surface area contributed by atoms with E-state index in [9.17, 15) is 4.79 Å². The van der Waals surface area contributed by atoms with Crippen molar-refractivity contribution < 1.29 is 14.3 Å². The predicted octanol–water partition coefficient (Wildman–Crippen LogP) is 3.88. The molecule has 0 spiro atoms. The molecular weight excluding hydrogens is 356 g/mol. The number of carbonyl (C=O) groups excluding carboxylic acids is 1. The first-order chi connectivity index (χ1) is 13.6. The van der Waals surface area contributed by atoms with E-state index < -0.39 is 0 Å². The number of hydrogen-bond acceptors (Lipinski definition) is 4. The van der Waals surface area contributed by atoms with Crippen LogP contribution < -0.4 is 20.1 Å². The van der Waals surface area contributed by atoms with E-state index in [2.05, 4.69) is 34.4 Å². The number of fused-ring (bicyclic) bond motifs is 2. The van der Waals surface area contributed by atoms with Crippen molar-refractivity contribution in [1.29, 1.82) is 0 Å². The minimum absolute atomic E-state index is 0.200. The zero-order chi connectivity index (χ0) is 19.5. The Morgan fingerprint density at radius 3 is 2.86 bits per heavy atom. The number of hydrogen-bond donors (Lipinski definition) is 3. The van der Waals surface area contributed by atoms with Crippen LogP contribution in [-0.2, 0) is 6.54 Å².